The van der Waals surface area contributed by atoms with Crippen LogP contribution in [0.1, 0.15) is 6.42 Å². The first kappa shape index (κ1) is 23.4. The van der Waals surface area contributed by atoms with Gasteiger partial charge in [-0.2, -0.15) is 0 Å². The van der Waals surface area contributed by atoms with Gasteiger partial charge in [0.1, 0.15) is 0 Å². The van der Waals surface area contributed by atoms with Crippen LogP contribution in [0.2, 0.25) is 26.1 Å². The summed E-state index contributed by atoms with van der Waals surface area (Å²) in [5.41, 5.74) is 3.99. The average molecular weight is 504 g/mol. The molecule has 0 radical (unpaired) electrons. The van der Waals surface area contributed by atoms with Crippen molar-refractivity contribution in [3.05, 3.63) is 101 Å². The van der Waals surface area contributed by atoms with Crippen LogP contribution in [0.4, 0.5) is 0 Å². The topological polar surface area (TPSA) is 9.23 Å². The molecular weight excluding hydrogens is 471 g/mol. The molecule has 0 atom stereocenters. The van der Waals surface area contributed by atoms with E-state index >= 15 is 0 Å². The van der Waals surface area contributed by atoms with Crippen LogP contribution in [0, 0.1) is 0 Å². The molecule has 1 nitrogen and oxygen atoms in total. The van der Waals surface area contributed by atoms with Crippen molar-refractivity contribution in [2.24, 2.45) is 0 Å². The van der Waals surface area contributed by atoms with Crippen LogP contribution in [0.15, 0.2) is 101 Å². The molecular formula is C28H33Cl2OTi. The summed E-state index contributed by atoms with van der Waals surface area (Å²) >= 11 is 0. The SMILES string of the molecule is [CH3][Ti]([CH3])([CH3])([CH3])([CH3])([Cl])([Cl])([O]c1c(-c2ccccc2)cccc1-c1ccccc1)[C]1=CC=CC1. The van der Waals surface area contributed by atoms with Crippen molar-refractivity contribution in [3.8, 4) is 28.0 Å². The summed E-state index contributed by atoms with van der Waals surface area (Å²) in [5, 5.41) is 9.71. The maximum atomic E-state index is 8.06. The first-order valence-electron chi connectivity index (χ1n) is 11.3. The van der Waals surface area contributed by atoms with E-state index < -0.39 is 8.44 Å². The molecule has 4 heteroatoms. The van der Waals surface area contributed by atoms with Crippen LogP contribution in [0.25, 0.3) is 22.3 Å². The first-order chi connectivity index (χ1) is 14.3. The van der Waals surface area contributed by atoms with Gasteiger partial charge in [0.05, 0.1) is 0 Å². The second-order valence-corrected chi connectivity index (χ2v) is 67.8. The van der Waals surface area contributed by atoms with Gasteiger partial charge in [0.15, 0.2) is 0 Å². The Labute approximate surface area is 190 Å². The third-order valence-electron chi connectivity index (χ3n) is 6.68. The number of halogens is 2. The number of hydrogen-bond acceptors (Lipinski definition) is 1. The van der Waals surface area contributed by atoms with Crippen molar-refractivity contribution in [1.29, 1.82) is 0 Å². The van der Waals surface area contributed by atoms with E-state index in [0.717, 1.165) is 26.1 Å². The third kappa shape index (κ3) is 4.37. The Morgan fingerprint density at radius 1 is 0.656 bits per heavy atom. The van der Waals surface area contributed by atoms with E-state index in [0.29, 0.717) is 12.2 Å². The number of rotatable bonds is 5. The summed E-state index contributed by atoms with van der Waals surface area (Å²) in [4.78, 5) is 0. The Morgan fingerprint density at radius 3 is 1.53 bits per heavy atom. The molecule has 3 aromatic rings. The molecule has 0 saturated carbocycles. The maximum absolute atomic E-state index is 8.06. The number of hydrogen-bond donors (Lipinski definition) is 0. The fourth-order valence-corrected chi connectivity index (χ4v) is 12.9. The molecule has 3 aromatic carbocycles. The van der Waals surface area contributed by atoms with Gasteiger partial charge in [0.2, 0.25) is 0 Å². The molecule has 32 heavy (non-hydrogen) atoms. The molecule has 1 aliphatic carbocycles. The van der Waals surface area contributed by atoms with Gasteiger partial charge in [-0.25, -0.2) is 0 Å². The van der Waals surface area contributed by atoms with E-state index in [1.54, 1.807) is 0 Å². The van der Waals surface area contributed by atoms with Crippen LogP contribution < -0.4 is 3.32 Å². The molecule has 0 saturated heterocycles. The van der Waals surface area contributed by atoms with Crippen LogP contribution >= 0.6 is 18.6 Å². The van der Waals surface area contributed by atoms with E-state index in [1.165, 1.54) is 0 Å². The molecule has 4 rings (SSSR count). The minimum atomic E-state index is -6.73. The van der Waals surface area contributed by atoms with Crippen LogP contribution in [-0.4, -0.2) is 0 Å². The fourth-order valence-electron chi connectivity index (χ4n) is 4.63. The molecule has 0 unspecified atom stereocenters. The minimum absolute atomic E-state index is 0.640. The molecule has 1 aliphatic rings. The van der Waals surface area contributed by atoms with E-state index in [2.05, 4.69) is 48.5 Å². The first-order valence-corrected chi connectivity index (χ1v) is 24.8. The van der Waals surface area contributed by atoms with E-state index in [4.69, 9.17) is 21.9 Å². The number of para-hydroxylation sites is 1. The Bertz CT molecular complexity index is 1290. The number of benzene rings is 3. The predicted octanol–water partition coefficient (Wildman–Crippen LogP) is 10.5. The number of allylic oxidation sites excluding steroid dienone is 4. The average Bonchev–Trinajstić information content (AvgIpc) is 3.25. The molecule has 0 spiro atoms. The molecule has 0 bridgehead atoms. The van der Waals surface area contributed by atoms with Gasteiger partial charge >= 0.3 is 192 Å². The van der Waals surface area contributed by atoms with Gasteiger partial charge < -0.3 is 0 Å². The predicted molar refractivity (Wildman–Crippen MR) is 141 cm³/mol. The van der Waals surface area contributed by atoms with Gasteiger partial charge in [-0.1, -0.05) is 0 Å². The molecule has 0 fully saturated rings. The monoisotopic (exact) mass is 503 g/mol. The van der Waals surface area contributed by atoms with Crippen molar-refractivity contribution >= 4 is 18.6 Å². The van der Waals surface area contributed by atoms with E-state index in [-0.39, 0.29) is 0 Å². The molecule has 0 N–H and O–H groups in total. The summed E-state index contributed by atoms with van der Waals surface area (Å²) < 4.78 is 8.27. The zero-order valence-corrected chi connectivity index (χ0v) is 22.7. The second kappa shape index (κ2) is 4.72. The summed E-state index contributed by atoms with van der Waals surface area (Å²) in [7, 11) is 9.39. The van der Waals surface area contributed by atoms with Gasteiger partial charge in [-0.15, -0.1) is 0 Å². The standard InChI is InChI=1S/C18H14O.C5H5.5CH3.2ClH.Ti/c19-18-16(14-8-3-1-4-9-14)12-7-13-17(18)15-10-5-2-6-11-15;1-2-4-5-3-1;;;;;;;;/h1-13,19H;1-3H,4H2;5*1H3;2*1H;/q;;;;;;;;;+3/p-3. The van der Waals surface area contributed by atoms with Crippen molar-refractivity contribution < 1.29 is 11.8 Å². The molecule has 0 aliphatic heterocycles. The van der Waals surface area contributed by atoms with E-state index in [9.17, 15) is 0 Å². The Kier molecular flexibility index (Phi) is 3.45. The summed E-state index contributed by atoms with van der Waals surface area (Å²) in [6.45, 7) is 0. The molecule has 0 aromatic heterocycles. The second-order valence-electron chi connectivity index (χ2n) is 15.5. The van der Waals surface area contributed by atoms with Crippen molar-refractivity contribution in [2.75, 3.05) is 0 Å². The fraction of sp³-hybridized carbons (Fsp3) is 0.214. The Morgan fingerprint density at radius 2 is 1.12 bits per heavy atom. The van der Waals surface area contributed by atoms with Crippen molar-refractivity contribution in [3.63, 3.8) is 0 Å². The summed E-state index contributed by atoms with van der Waals surface area (Å²) in [6, 6.07) is 26.7. The van der Waals surface area contributed by atoms with E-state index in [1.807, 2.05) is 74.7 Å². The normalized spacial score (nSPS) is 20.5. The third-order valence-corrected chi connectivity index (χ3v) is 18.4. The van der Waals surface area contributed by atoms with Gasteiger partial charge in [0.25, 0.3) is 0 Å². The Hall–Kier alpha value is -1.77. The quantitative estimate of drug-likeness (QED) is 0.314. The van der Waals surface area contributed by atoms with Crippen LogP contribution in [0.3, 0.4) is 0 Å². The van der Waals surface area contributed by atoms with Gasteiger partial charge in [-0.3, -0.25) is 0 Å². The molecule has 0 amide bonds. The summed E-state index contributed by atoms with van der Waals surface area (Å²) in [6.07, 6.45) is 6.75. The van der Waals surface area contributed by atoms with Crippen molar-refractivity contribution in [2.45, 2.75) is 32.6 Å². The van der Waals surface area contributed by atoms with Gasteiger partial charge in [-0.05, 0) is 0 Å². The molecule has 169 valence electrons. The summed E-state index contributed by atoms with van der Waals surface area (Å²) in [5.74, 6) is 0.684. The Balaban J connectivity index is 2.13. The molecule has 0 heterocycles. The zero-order chi connectivity index (χ0) is 23.5. The van der Waals surface area contributed by atoms with Crippen LogP contribution in [-0.2, 0) is 8.44 Å². The van der Waals surface area contributed by atoms with Crippen LogP contribution in [0.5, 0.6) is 5.75 Å². The van der Waals surface area contributed by atoms with Gasteiger partial charge in [0, 0.05) is 0 Å². The van der Waals surface area contributed by atoms with Crippen molar-refractivity contribution in [1.82, 2.24) is 0 Å². The zero-order valence-electron chi connectivity index (χ0n) is 19.6.